The third-order valence-electron chi connectivity index (χ3n) is 2.68. The van der Waals surface area contributed by atoms with Crippen LogP contribution in [0.25, 0.3) is 0 Å². The predicted molar refractivity (Wildman–Crippen MR) is 55.2 cm³/mol. The Morgan fingerprint density at radius 2 is 2.14 bits per heavy atom. The van der Waals surface area contributed by atoms with Crippen molar-refractivity contribution in [3.63, 3.8) is 0 Å². The fraction of sp³-hybridized carbons (Fsp3) is 0.364. The number of nitrogens with zero attached hydrogens (tertiary/aromatic N) is 1. The van der Waals surface area contributed by atoms with Gasteiger partial charge in [0.05, 0.1) is 0 Å². The Morgan fingerprint density at radius 1 is 1.43 bits per heavy atom. The van der Waals surface area contributed by atoms with Crippen LogP contribution in [0.15, 0.2) is 11.1 Å². The summed E-state index contributed by atoms with van der Waals surface area (Å²) < 4.78 is 0. The molecule has 0 saturated heterocycles. The molecule has 2 nitrogen and oxygen atoms in total. The van der Waals surface area contributed by atoms with Crippen LogP contribution < -0.4 is 5.73 Å². The normalized spacial score (nSPS) is 13.3. The Hall–Kier alpha value is -0.206. The van der Waals surface area contributed by atoms with Gasteiger partial charge in [-0.3, -0.25) is 0 Å². The van der Waals surface area contributed by atoms with Crippen LogP contribution in [-0.4, -0.2) is 6.21 Å². The molecule has 2 rings (SSSR count). The van der Waals surface area contributed by atoms with Gasteiger partial charge in [-0.1, -0.05) is 11.6 Å². The van der Waals surface area contributed by atoms with Gasteiger partial charge in [0, 0.05) is 44.9 Å². The molecule has 71 valence electrons. The molecule has 0 fully saturated rings. The Morgan fingerprint density at radius 3 is 2.86 bits per heavy atom. The van der Waals surface area contributed by atoms with E-state index in [-0.39, 0.29) is 32.7 Å². The first-order valence-corrected chi connectivity index (χ1v) is 4.47. The molecule has 0 saturated carbocycles. The fourth-order valence-corrected chi connectivity index (χ4v) is 1.79. The average Bonchev–Trinajstić information content (AvgIpc) is 2.15. The number of nitrogens with two attached hydrogens (primary N) is 1. The van der Waals surface area contributed by atoms with Crippen molar-refractivity contribution in [1.82, 2.24) is 0 Å². The SMILES string of the molecule is Cc1cc2c(c(C)c1N)C[C-]=NC2.[Y]. The van der Waals surface area contributed by atoms with E-state index in [1.54, 1.807) is 0 Å². The average molecular weight is 262 g/mol. The number of fused-ring (bicyclic) bond motifs is 1. The molecule has 0 atom stereocenters. The smallest absolute Gasteiger partial charge is 0.0375 e. The molecule has 0 bridgehead atoms. The molecular formula is C11H13N2Y-. The second kappa shape index (κ2) is 4.54. The molecule has 1 aliphatic heterocycles. The zero-order valence-electron chi connectivity index (χ0n) is 8.59. The standard InChI is InChI=1S/C11H13N2.Y/c1-7-5-9-6-13-4-3-10(9)8(2)11(7)12;/h5H,3,6,12H2,1-2H3;/q-1;. The van der Waals surface area contributed by atoms with Crippen LogP contribution in [0.5, 0.6) is 0 Å². The molecular weight excluding hydrogens is 249 g/mol. The van der Waals surface area contributed by atoms with Crippen molar-refractivity contribution in [1.29, 1.82) is 0 Å². The molecule has 3 heteroatoms. The number of anilines is 1. The van der Waals surface area contributed by atoms with Gasteiger partial charge in [0.1, 0.15) is 0 Å². The molecule has 1 aromatic rings. The van der Waals surface area contributed by atoms with Crippen LogP contribution in [0.1, 0.15) is 22.3 Å². The Labute approximate surface area is 110 Å². The first-order chi connectivity index (χ1) is 6.20. The fourth-order valence-electron chi connectivity index (χ4n) is 1.79. The summed E-state index contributed by atoms with van der Waals surface area (Å²) in [5.41, 5.74) is 11.9. The molecule has 1 aliphatic rings. The summed E-state index contributed by atoms with van der Waals surface area (Å²) >= 11 is 0. The zero-order valence-corrected chi connectivity index (χ0v) is 11.4. The van der Waals surface area contributed by atoms with E-state index in [0.29, 0.717) is 0 Å². The number of hydrogen-bond acceptors (Lipinski definition) is 2. The number of aryl methyl sites for hydroxylation is 1. The van der Waals surface area contributed by atoms with E-state index < -0.39 is 0 Å². The molecule has 0 unspecified atom stereocenters. The molecule has 0 aromatic heterocycles. The summed E-state index contributed by atoms with van der Waals surface area (Å²) in [5.74, 6) is 0. The van der Waals surface area contributed by atoms with E-state index in [9.17, 15) is 0 Å². The Kier molecular flexibility index (Phi) is 3.85. The van der Waals surface area contributed by atoms with Crippen LogP contribution in [-0.2, 0) is 45.7 Å². The third kappa shape index (κ3) is 1.91. The molecule has 1 heterocycles. The molecule has 14 heavy (non-hydrogen) atoms. The van der Waals surface area contributed by atoms with Gasteiger partial charge < -0.3 is 16.9 Å². The van der Waals surface area contributed by atoms with Crippen molar-refractivity contribution in [2.75, 3.05) is 5.73 Å². The van der Waals surface area contributed by atoms with Gasteiger partial charge in [-0.2, -0.15) is 0 Å². The minimum absolute atomic E-state index is 0. The topological polar surface area (TPSA) is 38.4 Å². The van der Waals surface area contributed by atoms with Gasteiger partial charge in [0.2, 0.25) is 0 Å². The molecule has 0 spiro atoms. The summed E-state index contributed by atoms with van der Waals surface area (Å²) in [7, 11) is 0. The maximum atomic E-state index is 5.95. The molecule has 1 radical (unpaired) electrons. The van der Waals surface area contributed by atoms with Gasteiger partial charge in [-0.15, -0.1) is 6.42 Å². The quantitative estimate of drug-likeness (QED) is 0.562. The second-order valence-corrected chi connectivity index (χ2v) is 3.52. The van der Waals surface area contributed by atoms with Crippen molar-refractivity contribution in [3.05, 3.63) is 28.3 Å². The van der Waals surface area contributed by atoms with Crippen LogP contribution >= 0.6 is 0 Å². The third-order valence-corrected chi connectivity index (χ3v) is 2.68. The van der Waals surface area contributed by atoms with E-state index in [2.05, 4.69) is 24.2 Å². The largest absolute Gasteiger partial charge is 0.499 e. The van der Waals surface area contributed by atoms with E-state index in [4.69, 9.17) is 5.73 Å². The van der Waals surface area contributed by atoms with E-state index >= 15 is 0 Å². The van der Waals surface area contributed by atoms with Crippen LogP contribution in [0, 0.1) is 13.8 Å². The maximum Gasteiger partial charge on any atom is 0.0375 e. The van der Waals surface area contributed by atoms with Gasteiger partial charge >= 0.3 is 0 Å². The Balaban J connectivity index is 0.000000980. The van der Waals surface area contributed by atoms with Crippen LogP contribution in [0.3, 0.4) is 0 Å². The summed E-state index contributed by atoms with van der Waals surface area (Å²) in [6.45, 7) is 4.89. The van der Waals surface area contributed by atoms with Crippen molar-refractivity contribution in [2.24, 2.45) is 4.99 Å². The zero-order chi connectivity index (χ0) is 9.42. The summed E-state index contributed by atoms with van der Waals surface area (Å²) in [5, 5.41) is 0. The molecule has 1 aromatic carbocycles. The molecule has 0 amide bonds. The van der Waals surface area contributed by atoms with E-state index in [1.807, 2.05) is 6.92 Å². The monoisotopic (exact) mass is 262 g/mol. The number of benzene rings is 1. The van der Waals surface area contributed by atoms with Crippen LogP contribution in [0.2, 0.25) is 0 Å². The van der Waals surface area contributed by atoms with Gasteiger partial charge in [0.25, 0.3) is 0 Å². The minimum Gasteiger partial charge on any atom is -0.499 e. The Bertz CT molecular complexity index is 383. The molecule has 2 N–H and O–H groups in total. The summed E-state index contributed by atoms with van der Waals surface area (Å²) in [6.07, 6.45) is 3.81. The first kappa shape index (κ1) is 11.9. The van der Waals surface area contributed by atoms with Gasteiger partial charge in [0.15, 0.2) is 0 Å². The van der Waals surface area contributed by atoms with Crippen molar-refractivity contribution < 1.29 is 32.7 Å². The second-order valence-electron chi connectivity index (χ2n) is 3.52. The predicted octanol–water partition coefficient (Wildman–Crippen LogP) is 1.89. The van der Waals surface area contributed by atoms with Crippen LogP contribution in [0.4, 0.5) is 5.69 Å². The number of hydrogen-bond donors (Lipinski definition) is 1. The van der Waals surface area contributed by atoms with Crippen molar-refractivity contribution in [3.8, 4) is 0 Å². The maximum absolute atomic E-state index is 5.95. The van der Waals surface area contributed by atoms with Gasteiger partial charge in [-0.05, 0) is 30.5 Å². The summed E-state index contributed by atoms with van der Waals surface area (Å²) in [6, 6.07) is 2.14. The summed E-state index contributed by atoms with van der Waals surface area (Å²) in [4.78, 5) is 4.14. The number of nitrogen functional groups attached to an aromatic ring is 1. The molecule has 0 aliphatic carbocycles. The first-order valence-electron chi connectivity index (χ1n) is 4.47. The van der Waals surface area contributed by atoms with Crippen molar-refractivity contribution >= 4 is 11.9 Å². The number of rotatable bonds is 0. The van der Waals surface area contributed by atoms with E-state index in [1.165, 1.54) is 16.7 Å². The van der Waals surface area contributed by atoms with E-state index in [0.717, 1.165) is 24.2 Å². The minimum atomic E-state index is 0. The van der Waals surface area contributed by atoms with Crippen molar-refractivity contribution in [2.45, 2.75) is 26.8 Å². The van der Waals surface area contributed by atoms with Gasteiger partial charge in [-0.25, -0.2) is 0 Å². The number of aliphatic imine (C=N–C) groups is 1.